The molecule has 0 aliphatic carbocycles. The first kappa shape index (κ1) is 14.1. The number of carboxylic acid groups (broad SMARTS) is 1. The second-order valence-corrected chi connectivity index (χ2v) is 3.81. The summed E-state index contributed by atoms with van der Waals surface area (Å²) in [6.45, 7) is 5.64. The molecule has 4 heteroatoms. The van der Waals surface area contributed by atoms with Crippen LogP contribution in [0.3, 0.4) is 0 Å². The fourth-order valence-electron chi connectivity index (χ4n) is 1.24. The highest BCUT2D eigenvalue weighted by molar-refractivity contribution is 5.72. The Morgan fingerprint density at radius 1 is 1.33 bits per heavy atom. The highest BCUT2D eigenvalue weighted by Gasteiger charge is 2.26. The molecule has 0 radical (unpaired) electrons. The third-order valence-electron chi connectivity index (χ3n) is 2.14. The first-order chi connectivity index (χ1) is 6.95. The molecule has 0 bridgehead atoms. The summed E-state index contributed by atoms with van der Waals surface area (Å²) in [5.41, 5.74) is 1.07. The number of aliphatic carboxylic acids is 1. The lowest BCUT2D eigenvalue weighted by atomic mass is 10.1. The lowest BCUT2D eigenvalue weighted by molar-refractivity contribution is -0.145. The summed E-state index contributed by atoms with van der Waals surface area (Å²) in [4.78, 5) is 10.1. The van der Waals surface area contributed by atoms with Crippen molar-refractivity contribution in [1.82, 2.24) is 0 Å². The lowest BCUT2D eigenvalue weighted by Gasteiger charge is -2.09. The molecule has 0 amide bonds. The fraction of sp³-hybridized carbons (Fsp3) is 0.727. The van der Waals surface area contributed by atoms with Gasteiger partial charge in [-0.1, -0.05) is 18.4 Å². The van der Waals surface area contributed by atoms with E-state index < -0.39 is 18.3 Å². The summed E-state index contributed by atoms with van der Waals surface area (Å²) in [7, 11) is 0. The molecule has 0 rings (SSSR count). The van der Waals surface area contributed by atoms with E-state index in [1.54, 1.807) is 0 Å². The number of hydrogen-bond donors (Lipinski definition) is 1. The number of carbonyl (C=O) groups is 1. The molecule has 0 aliphatic rings. The Bertz CT molecular complexity index is 217. The predicted octanol–water partition coefficient (Wildman–Crippen LogP) is 3.27. The van der Waals surface area contributed by atoms with Gasteiger partial charge in [-0.05, 0) is 26.2 Å². The van der Waals surface area contributed by atoms with Gasteiger partial charge in [-0.15, -0.1) is 6.58 Å². The van der Waals surface area contributed by atoms with Gasteiger partial charge in [0.2, 0.25) is 6.17 Å². The molecular formula is C11H18F2O2. The molecule has 0 saturated carbocycles. The SMILES string of the molecule is C=C(C)CCCCCC(F)C(F)C(=O)O. The van der Waals surface area contributed by atoms with Gasteiger partial charge in [0.05, 0.1) is 0 Å². The second-order valence-electron chi connectivity index (χ2n) is 3.81. The molecule has 0 fully saturated rings. The first-order valence-electron chi connectivity index (χ1n) is 5.10. The van der Waals surface area contributed by atoms with E-state index in [1.807, 2.05) is 6.92 Å². The van der Waals surface area contributed by atoms with E-state index in [-0.39, 0.29) is 6.42 Å². The van der Waals surface area contributed by atoms with Crippen LogP contribution in [0, 0.1) is 0 Å². The Balaban J connectivity index is 3.50. The zero-order valence-corrected chi connectivity index (χ0v) is 9.01. The number of hydrogen-bond acceptors (Lipinski definition) is 1. The number of halogens is 2. The average Bonchev–Trinajstić information content (AvgIpc) is 2.15. The molecule has 0 aromatic rings. The van der Waals surface area contributed by atoms with E-state index in [4.69, 9.17) is 5.11 Å². The molecular weight excluding hydrogens is 202 g/mol. The highest BCUT2D eigenvalue weighted by atomic mass is 19.2. The molecule has 0 aliphatic heterocycles. The molecule has 2 nitrogen and oxygen atoms in total. The van der Waals surface area contributed by atoms with Crippen molar-refractivity contribution in [1.29, 1.82) is 0 Å². The molecule has 0 spiro atoms. The largest absolute Gasteiger partial charge is 0.479 e. The summed E-state index contributed by atoms with van der Waals surface area (Å²) in [6, 6.07) is 0. The molecule has 1 N–H and O–H groups in total. The molecule has 15 heavy (non-hydrogen) atoms. The zero-order chi connectivity index (χ0) is 11.8. The van der Waals surface area contributed by atoms with Gasteiger partial charge in [0.25, 0.3) is 0 Å². The summed E-state index contributed by atoms with van der Waals surface area (Å²) >= 11 is 0. The van der Waals surface area contributed by atoms with Crippen LogP contribution in [0.2, 0.25) is 0 Å². The Hall–Kier alpha value is -0.930. The quantitative estimate of drug-likeness (QED) is 0.503. The van der Waals surface area contributed by atoms with Crippen molar-refractivity contribution in [2.75, 3.05) is 0 Å². The van der Waals surface area contributed by atoms with Gasteiger partial charge in [-0.3, -0.25) is 0 Å². The third kappa shape index (κ3) is 7.05. The van der Waals surface area contributed by atoms with Crippen LogP contribution in [0.15, 0.2) is 12.2 Å². The fourth-order valence-corrected chi connectivity index (χ4v) is 1.24. The second kappa shape index (κ2) is 7.37. The smallest absolute Gasteiger partial charge is 0.341 e. The molecule has 2 unspecified atom stereocenters. The van der Waals surface area contributed by atoms with Crippen molar-refractivity contribution in [3.05, 3.63) is 12.2 Å². The van der Waals surface area contributed by atoms with E-state index in [9.17, 15) is 13.6 Å². The van der Waals surface area contributed by atoms with E-state index in [1.165, 1.54) is 0 Å². The van der Waals surface area contributed by atoms with Crippen LogP contribution < -0.4 is 0 Å². The topological polar surface area (TPSA) is 37.3 Å². The average molecular weight is 220 g/mol. The summed E-state index contributed by atoms with van der Waals surface area (Å²) in [5.74, 6) is -1.72. The number of unbranched alkanes of at least 4 members (excludes halogenated alkanes) is 2. The predicted molar refractivity (Wildman–Crippen MR) is 55.3 cm³/mol. The van der Waals surface area contributed by atoms with Crippen LogP contribution >= 0.6 is 0 Å². The van der Waals surface area contributed by atoms with Gasteiger partial charge in [-0.25, -0.2) is 13.6 Å². The van der Waals surface area contributed by atoms with E-state index in [0.29, 0.717) is 6.42 Å². The van der Waals surface area contributed by atoms with E-state index in [0.717, 1.165) is 24.8 Å². The third-order valence-corrected chi connectivity index (χ3v) is 2.14. The maximum Gasteiger partial charge on any atom is 0.341 e. The van der Waals surface area contributed by atoms with Gasteiger partial charge in [0.15, 0.2) is 0 Å². The Labute approximate surface area is 89.0 Å². The van der Waals surface area contributed by atoms with Gasteiger partial charge < -0.3 is 5.11 Å². The minimum absolute atomic E-state index is 0.0241. The molecule has 0 aromatic carbocycles. The lowest BCUT2D eigenvalue weighted by Crippen LogP contribution is -2.26. The summed E-state index contributed by atoms with van der Waals surface area (Å²) in [6.07, 6.45) is -1.22. The van der Waals surface area contributed by atoms with Gasteiger partial charge >= 0.3 is 5.97 Å². The van der Waals surface area contributed by atoms with Gasteiger partial charge in [0.1, 0.15) is 6.17 Å². The van der Waals surface area contributed by atoms with E-state index >= 15 is 0 Å². The van der Waals surface area contributed by atoms with Crippen LogP contribution in [-0.2, 0) is 4.79 Å². The number of rotatable bonds is 8. The maximum absolute atomic E-state index is 12.9. The molecule has 0 aromatic heterocycles. The Kier molecular flexibility index (Phi) is 6.92. The summed E-state index contributed by atoms with van der Waals surface area (Å²) in [5, 5.41) is 8.20. The minimum atomic E-state index is -2.38. The van der Waals surface area contributed by atoms with Gasteiger partial charge in [0, 0.05) is 0 Å². The normalized spacial score (nSPS) is 14.6. The van der Waals surface area contributed by atoms with Crippen molar-refractivity contribution < 1.29 is 18.7 Å². The Morgan fingerprint density at radius 3 is 2.40 bits per heavy atom. The molecule has 2 atom stereocenters. The van der Waals surface area contributed by atoms with Crippen LogP contribution in [0.5, 0.6) is 0 Å². The monoisotopic (exact) mass is 220 g/mol. The van der Waals surface area contributed by atoms with Crippen molar-refractivity contribution in [3.8, 4) is 0 Å². The first-order valence-corrected chi connectivity index (χ1v) is 5.10. The van der Waals surface area contributed by atoms with E-state index in [2.05, 4.69) is 6.58 Å². The van der Waals surface area contributed by atoms with Crippen LogP contribution in [0.1, 0.15) is 39.0 Å². The highest BCUT2D eigenvalue weighted by Crippen LogP contribution is 2.15. The Morgan fingerprint density at radius 2 is 1.93 bits per heavy atom. The van der Waals surface area contributed by atoms with Crippen LogP contribution in [0.4, 0.5) is 8.78 Å². The summed E-state index contributed by atoms with van der Waals surface area (Å²) < 4.78 is 25.4. The zero-order valence-electron chi connectivity index (χ0n) is 9.01. The number of alkyl halides is 2. The minimum Gasteiger partial charge on any atom is -0.479 e. The molecule has 0 saturated heterocycles. The molecule has 88 valence electrons. The standard InChI is InChI=1S/C11H18F2O2/c1-8(2)6-4-3-5-7-9(12)10(13)11(14)15/h9-10H,1,3-7H2,2H3,(H,14,15). The van der Waals surface area contributed by atoms with Crippen molar-refractivity contribution in [2.24, 2.45) is 0 Å². The van der Waals surface area contributed by atoms with Gasteiger partial charge in [-0.2, -0.15) is 0 Å². The van der Waals surface area contributed by atoms with Crippen molar-refractivity contribution in [3.63, 3.8) is 0 Å². The van der Waals surface area contributed by atoms with Crippen molar-refractivity contribution >= 4 is 5.97 Å². The van der Waals surface area contributed by atoms with Crippen LogP contribution in [-0.4, -0.2) is 23.4 Å². The van der Waals surface area contributed by atoms with Crippen LogP contribution in [0.25, 0.3) is 0 Å². The number of carboxylic acids is 1. The van der Waals surface area contributed by atoms with Crippen molar-refractivity contribution in [2.45, 2.75) is 51.4 Å². The number of allylic oxidation sites excluding steroid dienone is 1. The molecule has 0 heterocycles. The maximum atomic E-state index is 12.9.